The fourth-order valence-corrected chi connectivity index (χ4v) is 4.97. The van der Waals surface area contributed by atoms with Crippen LogP contribution in [0.2, 0.25) is 0 Å². The van der Waals surface area contributed by atoms with Gasteiger partial charge in [0.05, 0.1) is 17.4 Å². The molecule has 0 aromatic heterocycles. The number of nitrogens with zero attached hydrogens (tertiary/aromatic N) is 1. The van der Waals surface area contributed by atoms with Crippen LogP contribution in [0.4, 0.5) is 5.69 Å². The number of anilines is 1. The van der Waals surface area contributed by atoms with Crippen molar-refractivity contribution in [2.75, 3.05) is 16.6 Å². The molecule has 2 fully saturated rings. The second kappa shape index (κ2) is 6.43. The van der Waals surface area contributed by atoms with Gasteiger partial charge in [-0.1, -0.05) is 12.5 Å². The maximum absolute atomic E-state index is 12.4. The molecular formula is C16H20N2O5S. The third-order valence-corrected chi connectivity index (χ3v) is 6.51. The zero-order chi connectivity index (χ0) is 17.3. The Hall–Kier alpha value is -2.09. The topological polar surface area (TPSA) is 104 Å². The molecule has 3 rings (SSSR count). The van der Waals surface area contributed by atoms with Crippen molar-refractivity contribution in [1.29, 1.82) is 0 Å². The summed E-state index contributed by atoms with van der Waals surface area (Å²) < 4.78 is 25.3. The van der Waals surface area contributed by atoms with E-state index in [9.17, 15) is 23.1 Å². The van der Waals surface area contributed by atoms with Crippen LogP contribution in [0.15, 0.2) is 24.3 Å². The maximum atomic E-state index is 12.4. The lowest BCUT2D eigenvalue weighted by Gasteiger charge is -2.19. The van der Waals surface area contributed by atoms with Crippen molar-refractivity contribution in [1.82, 2.24) is 5.32 Å². The Bertz CT molecular complexity index is 761. The molecule has 1 aliphatic heterocycles. The van der Waals surface area contributed by atoms with Crippen molar-refractivity contribution in [2.24, 2.45) is 5.92 Å². The average molecular weight is 352 g/mol. The number of sulfonamides is 1. The van der Waals surface area contributed by atoms with Crippen LogP contribution >= 0.6 is 0 Å². The summed E-state index contributed by atoms with van der Waals surface area (Å²) in [6.07, 6.45) is 2.55. The van der Waals surface area contributed by atoms with Crippen molar-refractivity contribution in [3.8, 4) is 0 Å². The van der Waals surface area contributed by atoms with Gasteiger partial charge in [-0.05, 0) is 37.5 Å². The first-order valence-corrected chi connectivity index (χ1v) is 9.63. The summed E-state index contributed by atoms with van der Waals surface area (Å²) in [6.45, 7) is 0.414. The average Bonchev–Trinajstić information content (AvgIpc) is 3.13. The lowest BCUT2D eigenvalue weighted by atomic mass is 10.0. The summed E-state index contributed by atoms with van der Waals surface area (Å²) in [6, 6.07) is 6.07. The smallest absolute Gasteiger partial charge is 0.308 e. The number of benzene rings is 1. The normalized spacial score (nSPS) is 25.6. The molecule has 130 valence electrons. The van der Waals surface area contributed by atoms with Gasteiger partial charge in [0.1, 0.15) is 0 Å². The molecule has 0 radical (unpaired) electrons. The molecule has 0 unspecified atom stereocenters. The van der Waals surface area contributed by atoms with E-state index in [4.69, 9.17) is 0 Å². The van der Waals surface area contributed by atoms with Crippen molar-refractivity contribution in [3.63, 3.8) is 0 Å². The summed E-state index contributed by atoms with van der Waals surface area (Å²) in [7, 11) is -3.30. The fraction of sp³-hybridized carbons (Fsp3) is 0.500. The maximum Gasteiger partial charge on any atom is 0.308 e. The van der Waals surface area contributed by atoms with Gasteiger partial charge in [-0.2, -0.15) is 0 Å². The predicted octanol–water partition coefficient (Wildman–Crippen LogP) is 1.21. The van der Waals surface area contributed by atoms with E-state index in [-0.39, 0.29) is 17.7 Å². The van der Waals surface area contributed by atoms with Gasteiger partial charge in [-0.3, -0.25) is 13.9 Å². The zero-order valence-corrected chi connectivity index (χ0v) is 14.0. The van der Waals surface area contributed by atoms with Crippen LogP contribution in [0.25, 0.3) is 0 Å². The first-order chi connectivity index (χ1) is 11.4. The van der Waals surface area contributed by atoms with Gasteiger partial charge in [0.25, 0.3) is 5.91 Å². The van der Waals surface area contributed by atoms with Crippen LogP contribution in [0.1, 0.15) is 36.0 Å². The van der Waals surface area contributed by atoms with Gasteiger partial charge in [0, 0.05) is 18.2 Å². The number of hydrogen-bond donors (Lipinski definition) is 2. The highest BCUT2D eigenvalue weighted by Gasteiger charge is 2.34. The number of hydrogen-bond acceptors (Lipinski definition) is 4. The molecule has 8 heteroatoms. The Morgan fingerprint density at radius 3 is 2.67 bits per heavy atom. The Morgan fingerprint density at radius 2 is 2.00 bits per heavy atom. The molecule has 2 atom stereocenters. The third kappa shape index (κ3) is 3.24. The van der Waals surface area contributed by atoms with Gasteiger partial charge in [-0.15, -0.1) is 0 Å². The standard InChI is InChI=1S/C16H20N2O5S/c19-15(17-14-7-2-6-13(14)16(20)21)11-4-1-5-12(10-11)18-8-3-9-24(18,22)23/h1,4-5,10,13-14H,2-3,6-9H2,(H,17,19)(H,20,21)/t13-,14+/m1/s1. The van der Waals surface area contributed by atoms with Crippen molar-refractivity contribution < 1.29 is 23.1 Å². The molecular weight excluding hydrogens is 332 g/mol. The van der Waals surface area contributed by atoms with Crippen LogP contribution in [0, 0.1) is 5.92 Å². The van der Waals surface area contributed by atoms with E-state index < -0.39 is 21.9 Å². The van der Waals surface area contributed by atoms with Gasteiger partial charge in [-0.25, -0.2) is 8.42 Å². The summed E-state index contributed by atoms with van der Waals surface area (Å²) in [5.74, 6) is -1.70. The van der Waals surface area contributed by atoms with E-state index in [1.807, 2.05) is 0 Å². The Balaban J connectivity index is 1.76. The van der Waals surface area contributed by atoms with E-state index in [0.717, 1.165) is 6.42 Å². The summed E-state index contributed by atoms with van der Waals surface area (Å²) >= 11 is 0. The molecule has 1 aliphatic carbocycles. The van der Waals surface area contributed by atoms with Crippen LogP contribution in [0.3, 0.4) is 0 Å². The molecule has 2 aliphatic rings. The summed E-state index contributed by atoms with van der Waals surface area (Å²) in [4.78, 5) is 23.6. The summed E-state index contributed by atoms with van der Waals surface area (Å²) in [5, 5.41) is 12.0. The quantitative estimate of drug-likeness (QED) is 0.848. The molecule has 1 heterocycles. The molecule has 7 nitrogen and oxygen atoms in total. The minimum atomic E-state index is -3.30. The first kappa shape index (κ1) is 16.8. The van der Waals surface area contributed by atoms with Crippen LogP contribution < -0.4 is 9.62 Å². The number of carbonyl (C=O) groups excluding carboxylic acids is 1. The zero-order valence-electron chi connectivity index (χ0n) is 13.1. The fourth-order valence-electron chi connectivity index (χ4n) is 3.41. The third-order valence-electron chi connectivity index (χ3n) is 4.65. The number of carbonyl (C=O) groups is 2. The number of nitrogens with one attached hydrogen (secondary N) is 1. The van der Waals surface area contributed by atoms with Crippen LogP contribution in [0.5, 0.6) is 0 Å². The summed E-state index contributed by atoms with van der Waals surface area (Å²) in [5.41, 5.74) is 0.812. The van der Waals surface area contributed by atoms with Crippen molar-refractivity contribution in [2.45, 2.75) is 31.7 Å². The van der Waals surface area contributed by atoms with Gasteiger partial charge in [0.15, 0.2) is 0 Å². The van der Waals surface area contributed by atoms with Gasteiger partial charge < -0.3 is 10.4 Å². The second-order valence-electron chi connectivity index (χ2n) is 6.25. The SMILES string of the molecule is O=C(N[C@H]1CCC[C@H]1C(=O)O)c1cccc(N2CCCS2(=O)=O)c1. The van der Waals surface area contributed by atoms with E-state index in [1.54, 1.807) is 24.3 Å². The second-order valence-corrected chi connectivity index (χ2v) is 8.26. The van der Waals surface area contributed by atoms with E-state index in [0.29, 0.717) is 37.1 Å². The Kier molecular flexibility index (Phi) is 4.49. The largest absolute Gasteiger partial charge is 0.481 e. The molecule has 0 bridgehead atoms. The highest BCUT2D eigenvalue weighted by atomic mass is 32.2. The monoisotopic (exact) mass is 352 g/mol. The lowest BCUT2D eigenvalue weighted by molar-refractivity contribution is -0.142. The Labute approximate surface area is 140 Å². The van der Waals surface area contributed by atoms with Crippen molar-refractivity contribution in [3.05, 3.63) is 29.8 Å². The van der Waals surface area contributed by atoms with Crippen LogP contribution in [-0.2, 0) is 14.8 Å². The first-order valence-electron chi connectivity index (χ1n) is 8.02. The van der Waals surface area contributed by atoms with Crippen molar-refractivity contribution >= 4 is 27.6 Å². The minimum absolute atomic E-state index is 0.117. The molecule has 24 heavy (non-hydrogen) atoms. The molecule has 0 spiro atoms. The van der Waals surface area contributed by atoms with E-state index >= 15 is 0 Å². The molecule has 2 N–H and O–H groups in total. The van der Waals surface area contributed by atoms with E-state index in [2.05, 4.69) is 5.32 Å². The highest BCUT2D eigenvalue weighted by molar-refractivity contribution is 7.93. The van der Waals surface area contributed by atoms with Crippen LogP contribution in [-0.4, -0.2) is 43.7 Å². The predicted molar refractivity (Wildman–Crippen MR) is 88.4 cm³/mol. The molecule has 1 saturated heterocycles. The Morgan fingerprint density at radius 1 is 1.21 bits per heavy atom. The van der Waals surface area contributed by atoms with E-state index in [1.165, 1.54) is 4.31 Å². The minimum Gasteiger partial charge on any atom is -0.481 e. The van der Waals surface area contributed by atoms with Gasteiger partial charge >= 0.3 is 5.97 Å². The van der Waals surface area contributed by atoms with Gasteiger partial charge in [0.2, 0.25) is 10.0 Å². The molecule has 1 aromatic carbocycles. The molecule has 1 saturated carbocycles. The number of carboxylic acids is 1. The number of rotatable bonds is 4. The number of carboxylic acid groups (broad SMARTS) is 1. The number of aliphatic carboxylic acids is 1. The molecule has 1 aromatic rings. The molecule has 1 amide bonds. The highest BCUT2D eigenvalue weighted by Crippen LogP contribution is 2.27. The lowest BCUT2D eigenvalue weighted by Crippen LogP contribution is -2.40. The number of amides is 1.